The molecule has 0 amide bonds. The van der Waals surface area contributed by atoms with Crippen LogP contribution in [0.5, 0.6) is 0 Å². The van der Waals surface area contributed by atoms with E-state index in [9.17, 15) is 0 Å². The van der Waals surface area contributed by atoms with Crippen LogP contribution in [-0.2, 0) is 0 Å². The lowest BCUT2D eigenvalue weighted by molar-refractivity contribution is 0.664. The summed E-state index contributed by atoms with van der Waals surface area (Å²) in [7, 11) is 0. The second kappa shape index (κ2) is 6.49. The van der Waals surface area contributed by atoms with Crippen LogP contribution in [0.1, 0.15) is 0 Å². The van der Waals surface area contributed by atoms with E-state index in [-0.39, 0.29) is 0 Å². The van der Waals surface area contributed by atoms with Gasteiger partial charge in [-0.3, -0.25) is 0 Å². The summed E-state index contributed by atoms with van der Waals surface area (Å²) in [5.74, 6) is 0. The molecule has 0 aliphatic carbocycles. The van der Waals surface area contributed by atoms with Crippen LogP contribution in [0.2, 0.25) is 0 Å². The van der Waals surface area contributed by atoms with E-state index in [0.29, 0.717) is 0 Å². The van der Waals surface area contributed by atoms with Gasteiger partial charge < -0.3 is 8.83 Å². The molecule has 2 heteroatoms. The maximum absolute atomic E-state index is 6.42. The molecule has 6 aromatic carbocycles. The lowest BCUT2D eigenvalue weighted by atomic mass is 9.90. The molecular weight excluding hydrogens is 416 g/mol. The summed E-state index contributed by atoms with van der Waals surface area (Å²) in [4.78, 5) is 0. The van der Waals surface area contributed by atoms with Crippen LogP contribution < -0.4 is 0 Å². The van der Waals surface area contributed by atoms with Crippen molar-refractivity contribution in [3.63, 3.8) is 0 Å². The Labute approximate surface area is 194 Å². The van der Waals surface area contributed by atoms with Gasteiger partial charge in [-0.05, 0) is 63.0 Å². The van der Waals surface area contributed by atoms with Crippen LogP contribution in [0.3, 0.4) is 0 Å². The molecule has 8 aromatic rings. The molecule has 2 nitrogen and oxygen atoms in total. The van der Waals surface area contributed by atoms with Gasteiger partial charge in [0.25, 0.3) is 0 Å². The van der Waals surface area contributed by atoms with Crippen LogP contribution in [0, 0.1) is 0 Å². The second-order valence-corrected chi connectivity index (χ2v) is 8.92. The molecule has 0 saturated carbocycles. The van der Waals surface area contributed by atoms with E-state index in [1.807, 2.05) is 18.2 Å². The lowest BCUT2D eigenvalue weighted by Crippen LogP contribution is -1.86. The molecule has 158 valence electrons. The summed E-state index contributed by atoms with van der Waals surface area (Å²) >= 11 is 0. The van der Waals surface area contributed by atoms with E-state index in [1.165, 1.54) is 32.7 Å². The van der Waals surface area contributed by atoms with Gasteiger partial charge in [-0.1, -0.05) is 78.9 Å². The van der Waals surface area contributed by atoms with Crippen molar-refractivity contribution in [1.29, 1.82) is 0 Å². The van der Waals surface area contributed by atoms with Crippen LogP contribution in [0.15, 0.2) is 118 Å². The Balaban J connectivity index is 1.56. The summed E-state index contributed by atoms with van der Waals surface area (Å²) in [5, 5.41) is 9.36. The second-order valence-electron chi connectivity index (χ2n) is 8.92. The summed E-state index contributed by atoms with van der Waals surface area (Å²) < 4.78 is 12.6. The molecule has 0 fully saturated rings. The maximum Gasteiger partial charge on any atom is 0.136 e. The first kappa shape index (κ1) is 17.9. The summed E-state index contributed by atoms with van der Waals surface area (Å²) in [6.07, 6.45) is 0. The Morgan fingerprint density at radius 2 is 0.971 bits per heavy atom. The Morgan fingerprint density at radius 3 is 1.76 bits per heavy atom. The molecule has 0 aliphatic rings. The first-order chi connectivity index (χ1) is 16.8. The summed E-state index contributed by atoms with van der Waals surface area (Å²) in [5.41, 5.74) is 5.97. The van der Waals surface area contributed by atoms with Crippen molar-refractivity contribution >= 4 is 65.4 Å². The van der Waals surface area contributed by atoms with Crippen LogP contribution >= 0.6 is 0 Å². The monoisotopic (exact) mass is 434 g/mol. The minimum Gasteiger partial charge on any atom is -0.456 e. The van der Waals surface area contributed by atoms with E-state index in [0.717, 1.165) is 43.9 Å². The van der Waals surface area contributed by atoms with Crippen molar-refractivity contribution in [2.75, 3.05) is 0 Å². The zero-order valence-corrected chi connectivity index (χ0v) is 18.2. The smallest absolute Gasteiger partial charge is 0.136 e. The predicted molar refractivity (Wildman–Crippen MR) is 141 cm³/mol. The van der Waals surface area contributed by atoms with Crippen molar-refractivity contribution < 1.29 is 8.83 Å². The molecular formula is C32H18O2. The highest BCUT2D eigenvalue weighted by Crippen LogP contribution is 2.44. The third-order valence-corrected chi connectivity index (χ3v) is 7.04. The number of benzene rings is 6. The average molecular weight is 434 g/mol. The zero-order valence-electron chi connectivity index (χ0n) is 18.2. The van der Waals surface area contributed by atoms with Crippen LogP contribution in [0.4, 0.5) is 0 Å². The highest BCUT2D eigenvalue weighted by Gasteiger charge is 2.18. The standard InChI is InChI=1S/C32H18O2/c1-3-10-21-19(8-1)16-20-9-2-4-11-22(20)31(21)24-13-7-15-28-32(24)26-18-29-25(17-30(26)34-28)23-12-5-6-14-27(23)33-29/h1-18H. The van der Waals surface area contributed by atoms with Gasteiger partial charge in [0.2, 0.25) is 0 Å². The third kappa shape index (κ3) is 2.35. The highest BCUT2D eigenvalue weighted by atomic mass is 16.3. The van der Waals surface area contributed by atoms with Gasteiger partial charge in [0, 0.05) is 21.5 Å². The van der Waals surface area contributed by atoms with Gasteiger partial charge in [-0.15, -0.1) is 0 Å². The number of hydrogen-bond donors (Lipinski definition) is 0. The molecule has 2 heterocycles. The predicted octanol–water partition coefficient (Wildman–Crippen LogP) is 9.46. The Kier molecular flexibility index (Phi) is 3.42. The third-order valence-electron chi connectivity index (χ3n) is 7.04. The molecule has 0 radical (unpaired) electrons. The van der Waals surface area contributed by atoms with Crippen molar-refractivity contribution in [1.82, 2.24) is 0 Å². The minimum absolute atomic E-state index is 0.881. The van der Waals surface area contributed by atoms with Crippen molar-refractivity contribution in [2.24, 2.45) is 0 Å². The quantitative estimate of drug-likeness (QED) is 0.240. The zero-order chi connectivity index (χ0) is 22.2. The van der Waals surface area contributed by atoms with Crippen molar-refractivity contribution in [3.8, 4) is 11.1 Å². The first-order valence-electron chi connectivity index (χ1n) is 11.5. The fourth-order valence-corrected chi connectivity index (χ4v) is 5.56. The average Bonchev–Trinajstić information content (AvgIpc) is 3.43. The molecule has 0 spiro atoms. The largest absolute Gasteiger partial charge is 0.456 e. The number of fused-ring (bicyclic) bond motifs is 8. The summed E-state index contributed by atoms with van der Waals surface area (Å²) in [6.45, 7) is 0. The van der Waals surface area contributed by atoms with Crippen LogP contribution in [0.25, 0.3) is 76.5 Å². The van der Waals surface area contributed by atoms with E-state index < -0.39 is 0 Å². The highest BCUT2D eigenvalue weighted by molar-refractivity contribution is 6.23. The molecule has 8 rings (SSSR count). The van der Waals surface area contributed by atoms with Crippen molar-refractivity contribution in [2.45, 2.75) is 0 Å². The lowest BCUT2D eigenvalue weighted by Gasteiger charge is -2.13. The molecule has 0 saturated heterocycles. The van der Waals surface area contributed by atoms with Gasteiger partial charge in [-0.2, -0.15) is 0 Å². The van der Waals surface area contributed by atoms with E-state index in [4.69, 9.17) is 8.83 Å². The van der Waals surface area contributed by atoms with E-state index in [1.54, 1.807) is 0 Å². The van der Waals surface area contributed by atoms with Gasteiger partial charge >= 0.3 is 0 Å². The Bertz CT molecular complexity index is 2020. The molecule has 34 heavy (non-hydrogen) atoms. The van der Waals surface area contributed by atoms with Crippen molar-refractivity contribution in [3.05, 3.63) is 109 Å². The van der Waals surface area contributed by atoms with Gasteiger partial charge in [0.15, 0.2) is 0 Å². The SMILES string of the molecule is c1ccc2c(-c3cccc4oc5cc6c(cc5c34)oc3ccccc36)c3ccccc3cc2c1. The Hall–Kier alpha value is -4.56. The number of rotatable bonds is 1. The summed E-state index contributed by atoms with van der Waals surface area (Å²) in [6, 6.07) is 38.4. The maximum atomic E-state index is 6.42. The molecule has 0 aliphatic heterocycles. The fraction of sp³-hybridized carbons (Fsp3) is 0. The molecule has 0 N–H and O–H groups in total. The topological polar surface area (TPSA) is 26.3 Å². The molecule has 2 aromatic heterocycles. The van der Waals surface area contributed by atoms with E-state index in [2.05, 4.69) is 91.0 Å². The van der Waals surface area contributed by atoms with E-state index >= 15 is 0 Å². The molecule has 0 unspecified atom stereocenters. The van der Waals surface area contributed by atoms with Crippen LogP contribution in [-0.4, -0.2) is 0 Å². The minimum atomic E-state index is 0.881. The molecule has 0 atom stereocenters. The number of para-hydroxylation sites is 1. The fourth-order valence-electron chi connectivity index (χ4n) is 5.56. The number of hydrogen-bond acceptors (Lipinski definition) is 2. The Morgan fingerprint density at radius 1 is 0.382 bits per heavy atom. The normalized spacial score (nSPS) is 12.1. The van der Waals surface area contributed by atoms with Gasteiger partial charge in [-0.25, -0.2) is 0 Å². The molecule has 0 bridgehead atoms. The van der Waals surface area contributed by atoms with Gasteiger partial charge in [0.05, 0.1) is 0 Å². The van der Waals surface area contributed by atoms with Gasteiger partial charge in [0.1, 0.15) is 22.3 Å². The number of furan rings is 2. The first-order valence-corrected chi connectivity index (χ1v) is 11.5.